The summed E-state index contributed by atoms with van der Waals surface area (Å²) in [6.07, 6.45) is -4.60. The van der Waals surface area contributed by atoms with Crippen molar-refractivity contribution in [2.45, 2.75) is 12.7 Å². The number of aromatic nitrogens is 2. The van der Waals surface area contributed by atoms with E-state index in [9.17, 15) is 13.2 Å². The number of para-hydroxylation sites is 1. The highest BCUT2D eigenvalue weighted by Crippen LogP contribution is 2.34. The number of ether oxygens (including phenoxy) is 2. The maximum absolute atomic E-state index is 13.3. The summed E-state index contributed by atoms with van der Waals surface area (Å²) in [5, 5.41) is 2.85. The number of hydrogen-bond donors (Lipinski definition) is 1. The summed E-state index contributed by atoms with van der Waals surface area (Å²) >= 11 is 0. The second-order valence-corrected chi connectivity index (χ2v) is 5.86. The molecular weight excluding hydrogens is 371 g/mol. The van der Waals surface area contributed by atoms with Crippen molar-refractivity contribution in [2.24, 2.45) is 0 Å². The van der Waals surface area contributed by atoms with Gasteiger partial charge in [0.05, 0.1) is 19.9 Å². The van der Waals surface area contributed by atoms with Gasteiger partial charge in [0.15, 0.2) is 5.69 Å². The van der Waals surface area contributed by atoms with Crippen LogP contribution >= 0.6 is 0 Å². The summed E-state index contributed by atoms with van der Waals surface area (Å²) in [6, 6.07) is 14.8. The zero-order chi connectivity index (χ0) is 20.1. The van der Waals surface area contributed by atoms with Crippen LogP contribution in [0.3, 0.4) is 0 Å². The number of hydrogen-bond acceptors (Lipinski definition) is 5. The van der Waals surface area contributed by atoms with E-state index in [2.05, 4.69) is 15.3 Å². The Labute approximate surface area is 160 Å². The van der Waals surface area contributed by atoms with Crippen LogP contribution in [0.15, 0.2) is 54.6 Å². The van der Waals surface area contributed by atoms with E-state index < -0.39 is 11.9 Å². The van der Waals surface area contributed by atoms with E-state index in [0.717, 1.165) is 11.6 Å². The molecule has 0 aliphatic heterocycles. The molecule has 8 heteroatoms. The topological polar surface area (TPSA) is 56.3 Å². The Morgan fingerprint density at radius 3 is 2.29 bits per heavy atom. The smallest absolute Gasteiger partial charge is 0.433 e. The van der Waals surface area contributed by atoms with Gasteiger partial charge in [-0.05, 0) is 35.9 Å². The highest BCUT2D eigenvalue weighted by molar-refractivity contribution is 5.68. The molecule has 0 saturated heterocycles. The van der Waals surface area contributed by atoms with Crippen LogP contribution in [0.25, 0.3) is 11.3 Å². The maximum atomic E-state index is 13.3. The largest absolute Gasteiger partial charge is 0.497 e. The van der Waals surface area contributed by atoms with E-state index in [0.29, 0.717) is 17.1 Å². The molecule has 5 nitrogen and oxygen atoms in total. The molecule has 0 radical (unpaired) electrons. The van der Waals surface area contributed by atoms with Crippen molar-refractivity contribution in [1.29, 1.82) is 0 Å². The van der Waals surface area contributed by atoms with Crippen LogP contribution in [-0.2, 0) is 12.7 Å². The second kappa shape index (κ2) is 8.16. The molecule has 2 aromatic carbocycles. The SMILES string of the molecule is COc1ccc(CNc2nc(-c3ccccc3OC)cc(C(F)(F)F)n2)cc1. The van der Waals surface area contributed by atoms with Crippen LogP contribution in [-0.4, -0.2) is 24.2 Å². The van der Waals surface area contributed by atoms with Gasteiger partial charge >= 0.3 is 6.18 Å². The predicted octanol–water partition coefficient (Wildman–Crippen LogP) is 4.79. The zero-order valence-electron chi connectivity index (χ0n) is 15.2. The van der Waals surface area contributed by atoms with E-state index in [1.54, 1.807) is 55.6 Å². The number of methoxy groups -OCH3 is 2. The molecule has 0 bridgehead atoms. The number of halogens is 3. The van der Waals surface area contributed by atoms with E-state index >= 15 is 0 Å². The predicted molar refractivity (Wildman–Crippen MR) is 99.3 cm³/mol. The fraction of sp³-hybridized carbons (Fsp3) is 0.200. The number of anilines is 1. The first-order chi connectivity index (χ1) is 13.4. The summed E-state index contributed by atoms with van der Waals surface area (Å²) in [7, 11) is 3.01. The van der Waals surface area contributed by atoms with E-state index in [1.807, 2.05) is 0 Å². The zero-order valence-corrected chi connectivity index (χ0v) is 15.2. The molecule has 3 rings (SSSR count). The summed E-state index contributed by atoms with van der Waals surface area (Å²) in [6.45, 7) is 0.261. The Morgan fingerprint density at radius 1 is 0.929 bits per heavy atom. The first-order valence-electron chi connectivity index (χ1n) is 8.37. The Bertz CT molecular complexity index is 944. The van der Waals surface area contributed by atoms with Crippen molar-refractivity contribution in [3.63, 3.8) is 0 Å². The Morgan fingerprint density at radius 2 is 1.64 bits per heavy atom. The van der Waals surface area contributed by atoms with Gasteiger partial charge in [-0.15, -0.1) is 0 Å². The molecule has 0 amide bonds. The van der Waals surface area contributed by atoms with Gasteiger partial charge in [-0.25, -0.2) is 9.97 Å². The molecule has 146 valence electrons. The van der Waals surface area contributed by atoms with Crippen LogP contribution in [0.2, 0.25) is 0 Å². The molecule has 0 unspecified atom stereocenters. The minimum Gasteiger partial charge on any atom is -0.497 e. The van der Waals surface area contributed by atoms with Crippen molar-refractivity contribution < 1.29 is 22.6 Å². The van der Waals surface area contributed by atoms with Crippen LogP contribution < -0.4 is 14.8 Å². The second-order valence-electron chi connectivity index (χ2n) is 5.86. The minimum absolute atomic E-state index is 0.119. The van der Waals surface area contributed by atoms with Gasteiger partial charge in [-0.2, -0.15) is 13.2 Å². The lowest BCUT2D eigenvalue weighted by Gasteiger charge is -2.13. The highest BCUT2D eigenvalue weighted by Gasteiger charge is 2.34. The minimum atomic E-state index is -4.60. The van der Waals surface area contributed by atoms with Crippen molar-refractivity contribution in [3.05, 3.63) is 65.9 Å². The summed E-state index contributed by atoms with van der Waals surface area (Å²) in [5.74, 6) is 1.000. The monoisotopic (exact) mass is 389 g/mol. The number of nitrogens with one attached hydrogen (secondary N) is 1. The number of rotatable bonds is 6. The lowest BCUT2D eigenvalue weighted by Crippen LogP contribution is -2.13. The molecule has 0 spiro atoms. The fourth-order valence-electron chi connectivity index (χ4n) is 2.59. The van der Waals surface area contributed by atoms with Crippen molar-refractivity contribution in [3.8, 4) is 22.8 Å². The number of nitrogens with zero attached hydrogens (tertiary/aromatic N) is 2. The third-order valence-corrected chi connectivity index (χ3v) is 4.01. The van der Waals surface area contributed by atoms with Crippen LogP contribution in [0.4, 0.5) is 19.1 Å². The number of alkyl halides is 3. The van der Waals surface area contributed by atoms with Gasteiger partial charge in [0.1, 0.15) is 11.5 Å². The first kappa shape index (κ1) is 19.5. The van der Waals surface area contributed by atoms with E-state index in [4.69, 9.17) is 9.47 Å². The summed E-state index contributed by atoms with van der Waals surface area (Å²) < 4.78 is 50.3. The van der Waals surface area contributed by atoms with E-state index in [-0.39, 0.29) is 18.2 Å². The molecule has 0 saturated carbocycles. The van der Waals surface area contributed by atoms with Crippen molar-refractivity contribution >= 4 is 5.95 Å². The first-order valence-corrected chi connectivity index (χ1v) is 8.37. The molecular formula is C20H18F3N3O2. The Hall–Kier alpha value is -3.29. The van der Waals surface area contributed by atoms with Crippen molar-refractivity contribution in [2.75, 3.05) is 19.5 Å². The molecule has 1 aromatic heterocycles. The molecule has 0 aliphatic carbocycles. The van der Waals surface area contributed by atoms with E-state index in [1.165, 1.54) is 7.11 Å². The van der Waals surface area contributed by atoms with Gasteiger partial charge in [0, 0.05) is 12.1 Å². The van der Waals surface area contributed by atoms with Gasteiger partial charge < -0.3 is 14.8 Å². The van der Waals surface area contributed by atoms with Gasteiger partial charge in [0.25, 0.3) is 0 Å². The normalized spacial score (nSPS) is 11.2. The fourth-order valence-corrected chi connectivity index (χ4v) is 2.59. The molecule has 3 aromatic rings. The van der Waals surface area contributed by atoms with Gasteiger partial charge in [-0.1, -0.05) is 24.3 Å². The molecule has 0 fully saturated rings. The van der Waals surface area contributed by atoms with Crippen LogP contribution in [0.5, 0.6) is 11.5 Å². The Balaban J connectivity index is 1.93. The quantitative estimate of drug-likeness (QED) is 0.657. The maximum Gasteiger partial charge on any atom is 0.433 e. The average Bonchev–Trinajstić information content (AvgIpc) is 2.71. The third-order valence-electron chi connectivity index (χ3n) is 4.01. The number of benzene rings is 2. The summed E-state index contributed by atoms with van der Waals surface area (Å²) in [5.41, 5.74) is 0.392. The summed E-state index contributed by atoms with van der Waals surface area (Å²) in [4.78, 5) is 7.87. The molecule has 1 N–H and O–H groups in total. The van der Waals surface area contributed by atoms with Crippen molar-refractivity contribution in [1.82, 2.24) is 9.97 Å². The third kappa shape index (κ3) is 4.51. The Kier molecular flexibility index (Phi) is 5.67. The standard InChI is InChI=1S/C20H18F3N3O2/c1-27-14-9-7-13(8-10-14)12-24-19-25-16(11-18(26-19)20(21,22)23)15-5-3-4-6-17(15)28-2/h3-11H,12H2,1-2H3,(H,24,25,26). The average molecular weight is 389 g/mol. The molecule has 1 heterocycles. The highest BCUT2D eigenvalue weighted by atomic mass is 19.4. The molecule has 0 aliphatic rings. The van der Waals surface area contributed by atoms with Crippen LogP contribution in [0, 0.1) is 0 Å². The van der Waals surface area contributed by atoms with Crippen LogP contribution in [0.1, 0.15) is 11.3 Å². The molecule has 0 atom stereocenters. The van der Waals surface area contributed by atoms with Gasteiger partial charge in [0.2, 0.25) is 5.95 Å². The van der Waals surface area contributed by atoms with Gasteiger partial charge in [-0.3, -0.25) is 0 Å². The molecule has 28 heavy (non-hydrogen) atoms. The lowest BCUT2D eigenvalue weighted by atomic mass is 10.1. The lowest BCUT2D eigenvalue weighted by molar-refractivity contribution is -0.141.